The van der Waals surface area contributed by atoms with Crippen molar-refractivity contribution in [3.05, 3.63) is 12.2 Å². The maximum absolute atomic E-state index is 13.0. The molecule has 0 heterocycles. The summed E-state index contributed by atoms with van der Waals surface area (Å²) in [6, 6.07) is -0.884. The van der Waals surface area contributed by atoms with E-state index in [1.54, 1.807) is 6.08 Å². The normalized spacial score (nSPS) is 13.7. The van der Waals surface area contributed by atoms with Crippen molar-refractivity contribution in [2.45, 2.75) is 392 Å². The molecule has 0 aromatic heterocycles. The number of hydrogen-bond donors (Lipinski definition) is 2. The molecular formula is C70H141N2O6P. The maximum Gasteiger partial charge on any atom is 0.268 e. The Bertz CT molecular complexity index is 1290. The van der Waals surface area contributed by atoms with Crippen LogP contribution in [0.15, 0.2) is 12.2 Å². The van der Waals surface area contributed by atoms with Gasteiger partial charge in [0, 0.05) is 6.42 Å². The molecule has 0 aliphatic rings. The zero-order valence-corrected chi connectivity index (χ0v) is 55.0. The van der Waals surface area contributed by atoms with Gasteiger partial charge in [0.15, 0.2) is 0 Å². The van der Waals surface area contributed by atoms with E-state index < -0.39 is 20.0 Å². The monoisotopic (exact) mass is 1140 g/mol. The van der Waals surface area contributed by atoms with E-state index in [9.17, 15) is 19.4 Å². The number of phosphoric ester groups is 1. The molecule has 2 N–H and O–H groups in total. The van der Waals surface area contributed by atoms with Crippen molar-refractivity contribution < 1.29 is 32.9 Å². The summed E-state index contributed by atoms with van der Waals surface area (Å²) in [5, 5.41) is 14.0. The Balaban J connectivity index is 4.00. The molecule has 0 aliphatic heterocycles. The fourth-order valence-corrected chi connectivity index (χ4v) is 11.9. The third-order valence-corrected chi connectivity index (χ3v) is 17.7. The summed E-state index contributed by atoms with van der Waals surface area (Å²) in [6.07, 6.45) is 79.1. The summed E-state index contributed by atoms with van der Waals surface area (Å²) < 4.78 is 23.5. The van der Waals surface area contributed by atoms with Crippen molar-refractivity contribution in [3.8, 4) is 0 Å². The third-order valence-electron chi connectivity index (χ3n) is 16.7. The minimum Gasteiger partial charge on any atom is -0.756 e. The molecule has 0 fully saturated rings. The van der Waals surface area contributed by atoms with E-state index in [0.717, 1.165) is 38.5 Å². The van der Waals surface area contributed by atoms with E-state index in [-0.39, 0.29) is 19.1 Å². The average molecular weight is 1140 g/mol. The van der Waals surface area contributed by atoms with Crippen LogP contribution in [0, 0.1) is 0 Å². The summed E-state index contributed by atoms with van der Waals surface area (Å²) in [4.78, 5) is 25.6. The summed E-state index contributed by atoms with van der Waals surface area (Å²) in [5.41, 5.74) is 0. The Morgan fingerprint density at radius 3 is 0.949 bits per heavy atom. The number of nitrogens with zero attached hydrogens (tertiary/aromatic N) is 1. The van der Waals surface area contributed by atoms with E-state index in [1.807, 2.05) is 27.2 Å². The first-order valence-electron chi connectivity index (χ1n) is 35.6. The van der Waals surface area contributed by atoms with Gasteiger partial charge in [-0.25, -0.2) is 0 Å². The number of unbranched alkanes of at least 4 members (excludes halogenated alkanes) is 54. The lowest BCUT2D eigenvalue weighted by molar-refractivity contribution is -0.870. The third kappa shape index (κ3) is 64.7. The van der Waals surface area contributed by atoms with Gasteiger partial charge in [0.05, 0.1) is 39.9 Å². The van der Waals surface area contributed by atoms with Gasteiger partial charge in [-0.2, -0.15) is 0 Å². The molecule has 0 rings (SSSR count). The number of aliphatic hydroxyl groups excluding tert-OH is 1. The number of phosphoric acid groups is 1. The molecule has 3 unspecified atom stereocenters. The number of amides is 1. The average Bonchev–Trinajstić information content (AvgIpc) is 3.42. The Hall–Kier alpha value is -0.760. The Morgan fingerprint density at radius 1 is 0.430 bits per heavy atom. The fraction of sp³-hybridized carbons (Fsp3) is 0.957. The molecule has 0 spiro atoms. The van der Waals surface area contributed by atoms with Crippen LogP contribution in [0.4, 0.5) is 0 Å². The van der Waals surface area contributed by atoms with Crippen molar-refractivity contribution in [2.75, 3.05) is 40.9 Å². The predicted molar refractivity (Wildman–Crippen MR) is 344 cm³/mol. The van der Waals surface area contributed by atoms with Crippen LogP contribution >= 0.6 is 7.82 Å². The quantitative estimate of drug-likeness (QED) is 0.0272. The van der Waals surface area contributed by atoms with Crippen LogP contribution in [-0.4, -0.2) is 68.5 Å². The molecule has 0 bridgehead atoms. The summed E-state index contributed by atoms with van der Waals surface area (Å²) in [5.74, 6) is -0.187. The van der Waals surface area contributed by atoms with Gasteiger partial charge in [0.25, 0.3) is 7.82 Å². The highest BCUT2D eigenvalue weighted by molar-refractivity contribution is 7.45. The molecule has 472 valence electrons. The van der Waals surface area contributed by atoms with Gasteiger partial charge >= 0.3 is 0 Å². The SMILES string of the molecule is CCCCCCCCCCCCCCCCCCCCCCCCC/C=C/C(O)C(COP(=O)([O-])OCC[N+](C)(C)C)NC(=O)CCCCCCCCCCCCCCCCCCCCCCCCCCCCCCCCCC. The highest BCUT2D eigenvalue weighted by Gasteiger charge is 2.23. The second-order valence-corrected chi connectivity index (χ2v) is 27.4. The van der Waals surface area contributed by atoms with Crippen molar-refractivity contribution in [1.29, 1.82) is 0 Å². The number of allylic oxidation sites excluding steroid dienone is 1. The number of carbonyl (C=O) groups excluding carboxylic acids is 1. The second-order valence-electron chi connectivity index (χ2n) is 26.0. The Labute approximate surface area is 494 Å². The fourth-order valence-electron chi connectivity index (χ4n) is 11.2. The summed E-state index contributed by atoms with van der Waals surface area (Å²) in [7, 11) is 1.29. The predicted octanol–water partition coefficient (Wildman–Crippen LogP) is 21.9. The molecule has 79 heavy (non-hydrogen) atoms. The molecule has 1 amide bonds. The van der Waals surface area contributed by atoms with E-state index in [1.165, 1.54) is 321 Å². The first kappa shape index (κ1) is 78.2. The molecule has 0 aromatic carbocycles. The van der Waals surface area contributed by atoms with Gasteiger partial charge in [-0.15, -0.1) is 0 Å². The van der Waals surface area contributed by atoms with Crippen LogP contribution < -0.4 is 10.2 Å². The molecule has 0 radical (unpaired) electrons. The van der Waals surface area contributed by atoms with Crippen LogP contribution in [0.2, 0.25) is 0 Å². The molecule has 0 aliphatic carbocycles. The van der Waals surface area contributed by atoms with Gasteiger partial charge in [-0.3, -0.25) is 9.36 Å². The van der Waals surface area contributed by atoms with Gasteiger partial charge in [-0.1, -0.05) is 366 Å². The van der Waals surface area contributed by atoms with Gasteiger partial charge in [0.1, 0.15) is 13.2 Å². The number of carbonyl (C=O) groups is 1. The second kappa shape index (κ2) is 61.8. The lowest BCUT2D eigenvalue weighted by atomic mass is 10.0. The maximum atomic E-state index is 13.0. The molecule has 9 heteroatoms. The Morgan fingerprint density at radius 2 is 0.684 bits per heavy atom. The van der Waals surface area contributed by atoms with E-state index >= 15 is 0 Å². The van der Waals surface area contributed by atoms with Gasteiger partial charge in [0.2, 0.25) is 5.91 Å². The molecule has 0 aromatic rings. The van der Waals surface area contributed by atoms with E-state index in [0.29, 0.717) is 17.4 Å². The molecule has 0 saturated heterocycles. The largest absolute Gasteiger partial charge is 0.756 e. The number of rotatable bonds is 67. The standard InChI is InChI=1S/C70H141N2O6P/c1-6-8-10-12-14-16-18-20-22-24-26-28-30-32-33-34-35-36-37-38-40-42-44-46-48-50-52-54-56-58-60-62-64-70(74)71-68(67-78-79(75,76)77-66-65-72(3,4)5)69(73)63-61-59-57-55-53-51-49-47-45-43-41-39-31-29-27-25-23-21-19-17-15-13-11-9-7-2/h61,63,68-69,73H,6-60,62,64-67H2,1-5H3,(H-,71,74,75,76)/b63-61+. The Kier molecular flexibility index (Phi) is 61.2. The lowest BCUT2D eigenvalue weighted by Gasteiger charge is -2.29. The number of quaternary nitrogens is 1. The first-order valence-corrected chi connectivity index (χ1v) is 37.0. The zero-order valence-electron chi connectivity index (χ0n) is 54.1. The minimum absolute atomic E-state index is 0.00301. The van der Waals surface area contributed by atoms with Crippen LogP contribution in [0.3, 0.4) is 0 Å². The van der Waals surface area contributed by atoms with Gasteiger partial charge in [-0.05, 0) is 19.3 Å². The highest BCUT2D eigenvalue weighted by atomic mass is 31.2. The molecular weight excluding hydrogens is 996 g/mol. The topological polar surface area (TPSA) is 108 Å². The van der Waals surface area contributed by atoms with Gasteiger partial charge < -0.3 is 28.8 Å². The van der Waals surface area contributed by atoms with E-state index in [2.05, 4.69) is 19.2 Å². The van der Waals surface area contributed by atoms with Crippen LogP contribution in [0.25, 0.3) is 0 Å². The van der Waals surface area contributed by atoms with Crippen molar-refractivity contribution in [3.63, 3.8) is 0 Å². The number of hydrogen-bond acceptors (Lipinski definition) is 6. The molecule has 0 saturated carbocycles. The molecule has 8 nitrogen and oxygen atoms in total. The number of nitrogens with one attached hydrogen (secondary N) is 1. The smallest absolute Gasteiger partial charge is 0.268 e. The van der Waals surface area contributed by atoms with E-state index in [4.69, 9.17) is 9.05 Å². The lowest BCUT2D eigenvalue weighted by Crippen LogP contribution is -2.45. The minimum atomic E-state index is -4.60. The number of likely N-dealkylation sites (N-methyl/N-ethyl adjacent to an activating group) is 1. The van der Waals surface area contributed by atoms with Crippen molar-refractivity contribution in [1.82, 2.24) is 5.32 Å². The number of aliphatic hydroxyl groups is 1. The molecule has 3 atom stereocenters. The van der Waals surface area contributed by atoms with Crippen LogP contribution in [-0.2, 0) is 18.4 Å². The highest BCUT2D eigenvalue weighted by Crippen LogP contribution is 2.38. The van der Waals surface area contributed by atoms with Crippen LogP contribution in [0.1, 0.15) is 380 Å². The van der Waals surface area contributed by atoms with Crippen molar-refractivity contribution >= 4 is 13.7 Å². The summed E-state index contributed by atoms with van der Waals surface area (Å²) in [6.45, 7) is 4.72. The van der Waals surface area contributed by atoms with Crippen molar-refractivity contribution in [2.24, 2.45) is 0 Å². The summed E-state index contributed by atoms with van der Waals surface area (Å²) >= 11 is 0. The van der Waals surface area contributed by atoms with Crippen LogP contribution in [0.5, 0.6) is 0 Å². The zero-order chi connectivity index (χ0) is 57.7. The first-order chi connectivity index (χ1) is 38.5.